The fourth-order valence-corrected chi connectivity index (χ4v) is 5.15. The van der Waals surface area contributed by atoms with Crippen LogP contribution in [0.2, 0.25) is 5.02 Å². The quantitative estimate of drug-likeness (QED) is 0.636. The number of hydrogen-bond acceptors (Lipinski definition) is 4. The van der Waals surface area contributed by atoms with Gasteiger partial charge in [0.25, 0.3) is 0 Å². The van der Waals surface area contributed by atoms with E-state index in [-0.39, 0.29) is 11.8 Å². The molecule has 2 aromatic rings. The van der Waals surface area contributed by atoms with E-state index in [2.05, 4.69) is 49.1 Å². The van der Waals surface area contributed by atoms with Crippen molar-refractivity contribution in [3.05, 3.63) is 75.3 Å². The lowest BCUT2D eigenvalue weighted by molar-refractivity contribution is -0.129. The maximum Gasteiger partial charge on any atom is 0.229 e. The maximum atomic E-state index is 13.0. The Morgan fingerprint density at radius 3 is 2.62 bits per heavy atom. The van der Waals surface area contributed by atoms with Crippen molar-refractivity contribution in [1.82, 2.24) is 4.90 Å². The second-order valence-electron chi connectivity index (χ2n) is 7.67. The van der Waals surface area contributed by atoms with Gasteiger partial charge < -0.3 is 4.90 Å². The molecule has 1 amide bonds. The number of halogens is 1. The molecule has 29 heavy (non-hydrogen) atoms. The van der Waals surface area contributed by atoms with Gasteiger partial charge in [0.2, 0.25) is 5.91 Å². The lowest BCUT2D eigenvalue weighted by Gasteiger charge is -2.42. The summed E-state index contributed by atoms with van der Waals surface area (Å²) in [5, 5.41) is 11.4. The predicted molar refractivity (Wildman–Crippen MR) is 119 cm³/mol. The largest absolute Gasteiger partial charge is 0.344 e. The van der Waals surface area contributed by atoms with Crippen molar-refractivity contribution in [3.8, 4) is 6.07 Å². The molecule has 0 aromatic heterocycles. The molecule has 0 aliphatic carbocycles. The van der Waals surface area contributed by atoms with Crippen LogP contribution in [-0.4, -0.2) is 23.4 Å². The lowest BCUT2D eigenvalue weighted by Crippen LogP contribution is -2.47. The minimum Gasteiger partial charge on any atom is -0.344 e. The van der Waals surface area contributed by atoms with Gasteiger partial charge in [-0.1, -0.05) is 67.5 Å². The molecular formula is C23H22ClN3OS. The summed E-state index contributed by atoms with van der Waals surface area (Å²) in [6.07, 6.45) is 0.317. The molecule has 148 valence electrons. The lowest BCUT2D eigenvalue weighted by atomic mass is 9.85. The zero-order valence-corrected chi connectivity index (χ0v) is 18.0. The molecule has 2 aliphatic heterocycles. The molecule has 2 aromatic carbocycles. The van der Waals surface area contributed by atoms with Crippen LogP contribution in [0.4, 0.5) is 5.69 Å². The molecule has 4 rings (SSSR count). The van der Waals surface area contributed by atoms with Crippen LogP contribution in [0, 0.1) is 11.3 Å². The highest BCUT2D eigenvalue weighted by atomic mass is 35.5. The Balaban J connectivity index is 1.64. The summed E-state index contributed by atoms with van der Waals surface area (Å²) in [6.45, 7) is 4.75. The van der Waals surface area contributed by atoms with E-state index < -0.39 is 0 Å². The van der Waals surface area contributed by atoms with Gasteiger partial charge in [-0.15, -0.1) is 0 Å². The van der Waals surface area contributed by atoms with Crippen LogP contribution in [0.5, 0.6) is 0 Å². The molecule has 0 unspecified atom stereocenters. The van der Waals surface area contributed by atoms with Gasteiger partial charge in [0, 0.05) is 23.0 Å². The number of nitrogens with zero attached hydrogens (tertiary/aromatic N) is 3. The van der Waals surface area contributed by atoms with Crippen molar-refractivity contribution in [1.29, 1.82) is 5.26 Å². The van der Waals surface area contributed by atoms with Gasteiger partial charge in [0.15, 0.2) is 0 Å². The highest BCUT2D eigenvalue weighted by Gasteiger charge is 2.38. The normalized spacial score (nSPS) is 19.4. The minimum atomic E-state index is -0.176. The third-order valence-corrected chi connectivity index (χ3v) is 6.86. The van der Waals surface area contributed by atoms with Crippen molar-refractivity contribution in [2.24, 2.45) is 0 Å². The van der Waals surface area contributed by atoms with Crippen LogP contribution in [0.25, 0.3) is 0 Å². The number of amides is 1. The predicted octanol–water partition coefficient (Wildman–Crippen LogP) is 5.68. The van der Waals surface area contributed by atoms with E-state index in [1.165, 1.54) is 5.56 Å². The first-order chi connectivity index (χ1) is 14.0. The van der Waals surface area contributed by atoms with Crippen molar-refractivity contribution >= 4 is 35.0 Å². The van der Waals surface area contributed by atoms with Crippen LogP contribution < -0.4 is 4.90 Å². The highest BCUT2D eigenvalue weighted by Crippen LogP contribution is 2.43. The number of nitriles is 1. The van der Waals surface area contributed by atoms with Crippen LogP contribution in [-0.2, 0) is 4.79 Å². The summed E-state index contributed by atoms with van der Waals surface area (Å²) in [4.78, 5) is 16.9. The minimum absolute atomic E-state index is 0.0520. The maximum absolute atomic E-state index is 13.0. The Bertz CT molecular complexity index is 1010. The number of thioether (sulfide) groups is 1. The third kappa shape index (κ3) is 3.88. The second kappa shape index (κ2) is 8.14. The highest BCUT2D eigenvalue weighted by molar-refractivity contribution is 8.03. The summed E-state index contributed by atoms with van der Waals surface area (Å²) >= 11 is 7.67. The van der Waals surface area contributed by atoms with Gasteiger partial charge in [-0.05, 0) is 35.2 Å². The van der Waals surface area contributed by atoms with Gasteiger partial charge in [-0.25, -0.2) is 0 Å². The van der Waals surface area contributed by atoms with E-state index in [9.17, 15) is 10.1 Å². The summed E-state index contributed by atoms with van der Waals surface area (Å²) in [5.74, 6) is 0.998. The standard InChI is InChI=1S/C23H22ClN3OS/c1-15(2)16-6-8-17(9-7-16)20-11-22(28)27-13-26(14-29-23(27)21(20)12-25)19-5-3-4-18(24)10-19/h3-10,15,20H,11,13-14H2,1-2H3/t20-/m1/s1. The summed E-state index contributed by atoms with van der Waals surface area (Å²) in [5.41, 5.74) is 3.96. The molecule has 0 bridgehead atoms. The average molecular weight is 424 g/mol. The third-order valence-electron chi connectivity index (χ3n) is 5.47. The number of benzene rings is 2. The van der Waals surface area contributed by atoms with Crippen molar-refractivity contribution in [2.75, 3.05) is 17.4 Å². The van der Waals surface area contributed by atoms with E-state index in [1.54, 1.807) is 16.7 Å². The number of rotatable bonds is 3. The number of carbonyl (C=O) groups excluding carboxylic acids is 1. The van der Waals surface area contributed by atoms with E-state index in [1.807, 2.05) is 24.3 Å². The molecule has 2 heterocycles. The molecule has 4 nitrogen and oxygen atoms in total. The fourth-order valence-electron chi connectivity index (χ4n) is 3.80. The van der Waals surface area contributed by atoms with Crippen LogP contribution in [0.1, 0.15) is 43.2 Å². The molecule has 0 saturated carbocycles. The zero-order chi connectivity index (χ0) is 20.5. The van der Waals surface area contributed by atoms with Crippen LogP contribution in [0.15, 0.2) is 59.1 Å². The van der Waals surface area contributed by atoms with Gasteiger partial charge in [-0.3, -0.25) is 9.69 Å². The Labute approximate surface area is 180 Å². The average Bonchev–Trinajstić information content (AvgIpc) is 2.73. The molecule has 6 heteroatoms. The zero-order valence-electron chi connectivity index (χ0n) is 16.4. The first kappa shape index (κ1) is 19.9. The molecular weight excluding hydrogens is 402 g/mol. The van der Waals surface area contributed by atoms with E-state index in [4.69, 9.17) is 11.6 Å². The molecule has 0 radical (unpaired) electrons. The Morgan fingerprint density at radius 2 is 1.97 bits per heavy atom. The summed E-state index contributed by atoms with van der Waals surface area (Å²) in [6, 6.07) is 18.4. The number of allylic oxidation sites excluding steroid dienone is 1. The first-order valence-electron chi connectivity index (χ1n) is 9.65. The van der Waals surface area contributed by atoms with Crippen molar-refractivity contribution in [2.45, 2.75) is 32.1 Å². The molecule has 0 N–H and O–H groups in total. The van der Waals surface area contributed by atoms with E-state index in [0.29, 0.717) is 35.5 Å². The van der Waals surface area contributed by atoms with Gasteiger partial charge in [0.1, 0.15) is 0 Å². The molecule has 1 fully saturated rings. The molecule has 2 aliphatic rings. The fraction of sp³-hybridized carbons (Fsp3) is 0.304. The van der Waals surface area contributed by atoms with Gasteiger partial charge in [-0.2, -0.15) is 5.26 Å². The number of hydrogen-bond donors (Lipinski definition) is 0. The first-order valence-corrected chi connectivity index (χ1v) is 11.0. The Morgan fingerprint density at radius 1 is 1.21 bits per heavy atom. The Kier molecular flexibility index (Phi) is 5.58. The smallest absolute Gasteiger partial charge is 0.229 e. The Hall–Kier alpha value is -2.42. The molecule has 0 spiro atoms. The number of fused-ring (bicyclic) bond motifs is 1. The van der Waals surface area contributed by atoms with Gasteiger partial charge >= 0.3 is 0 Å². The van der Waals surface area contributed by atoms with E-state index in [0.717, 1.165) is 16.3 Å². The van der Waals surface area contributed by atoms with Gasteiger partial charge in [0.05, 0.1) is 29.2 Å². The summed E-state index contributed by atoms with van der Waals surface area (Å²) < 4.78 is 0. The van der Waals surface area contributed by atoms with Crippen LogP contribution in [0.3, 0.4) is 0 Å². The second-order valence-corrected chi connectivity index (χ2v) is 9.04. The van der Waals surface area contributed by atoms with E-state index >= 15 is 0 Å². The summed E-state index contributed by atoms with van der Waals surface area (Å²) in [7, 11) is 0. The molecule has 1 saturated heterocycles. The molecule has 1 atom stereocenters. The topological polar surface area (TPSA) is 47.3 Å². The van der Waals surface area contributed by atoms with Crippen molar-refractivity contribution < 1.29 is 4.79 Å². The number of anilines is 1. The van der Waals surface area contributed by atoms with Crippen molar-refractivity contribution in [3.63, 3.8) is 0 Å². The monoisotopic (exact) mass is 423 g/mol. The SMILES string of the molecule is CC(C)c1ccc([C@H]2CC(=O)N3CN(c4cccc(Cl)c4)CSC3=C2C#N)cc1. The number of carbonyl (C=O) groups is 1. The van der Waals surface area contributed by atoms with Crippen LogP contribution >= 0.6 is 23.4 Å².